The molecule has 2 nitrogen and oxygen atoms in total. The lowest BCUT2D eigenvalue weighted by Crippen LogP contribution is -2.10. The number of nitrogen functional groups attached to an aromatic ring is 1. The summed E-state index contributed by atoms with van der Waals surface area (Å²) in [6.07, 6.45) is 5.17. The molecule has 0 aliphatic heterocycles. The predicted molar refractivity (Wildman–Crippen MR) is 80.8 cm³/mol. The maximum Gasteiger partial charge on any atom is 0.165 e. The van der Waals surface area contributed by atoms with Crippen molar-refractivity contribution in [3.63, 3.8) is 0 Å². The minimum Gasteiger partial charge on any atom is -0.398 e. The van der Waals surface area contributed by atoms with E-state index in [9.17, 15) is 4.79 Å². The van der Waals surface area contributed by atoms with Crippen LogP contribution in [0.4, 0.5) is 5.69 Å². The number of rotatable bonds is 7. The Morgan fingerprint density at radius 1 is 1.39 bits per heavy atom. The van der Waals surface area contributed by atoms with Gasteiger partial charge in [0.25, 0.3) is 0 Å². The average Bonchev–Trinajstić information content (AvgIpc) is 2.37. The van der Waals surface area contributed by atoms with Crippen molar-refractivity contribution in [1.82, 2.24) is 0 Å². The van der Waals surface area contributed by atoms with Crippen molar-refractivity contribution in [3.8, 4) is 0 Å². The molecule has 0 aromatic heterocycles. The molecule has 18 heavy (non-hydrogen) atoms. The van der Waals surface area contributed by atoms with Crippen LogP contribution in [0.2, 0.25) is 0 Å². The fourth-order valence-corrected chi connectivity index (χ4v) is 2.45. The molecular formula is C15H22BrNO. The van der Waals surface area contributed by atoms with Gasteiger partial charge in [-0.15, -0.1) is 0 Å². The number of carbonyl (C=O) groups is 1. The van der Waals surface area contributed by atoms with E-state index in [2.05, 4.69) is 29.8 Å². The molecule has 0 spiro atoms. The van der Waals surface area contributed by atoms with Crippen molar-refractivity contribution in [2.75, 3.05) is 5.73 Å². The van der Waals surface area contributed by atoms with Crippen LogP contribution in [-0.2, 0) is 0 Å². The monoisotopic (exact) mass is 311 g/mol. The van der Waals surface area contributed by atoms with Crippen LogP contribution in [0.15, 0.2) is 22.7 Å². The zero-order valence-electron chi connectivity index (χ0n) is 11.2. The van der Waals surface area contributed by atoms with Crippen LogP contribution in [0.3, 0.4) is 0 Å². The van der Waals surface area contributed by atoms with E-state index in [0.717, 1.165) is 17.3 Å². The van der Waals surface area contributed by atoms with E-state index in [1.807, 2.05) is 12.1 Å². The van der Waals surface area contributed by atoms with Crippen molar-refractivity contribution >= 4 is 27.4 Å². The number of benzene rings is 1. The SMILES string of the molecule is CCCCC(CC)CC(=O)c1cc(Br)ccc1N. The number of Topliss-reactive ketones (excluding diaryl/α,β-unsaturated/α-hetero) is 1. The van der Waals surface area contributed by atoms with Crippen LogP contribution in [0.1, 0.15) is 56.3 Å². The van der Waals surface area contributed by atoms with Crippen molar-refractivity contribution in [2.24, 2.45) is 5.92 Å². The van der Waals surface area contributed by atoms with Gasteiger partial charge in [-0.25, -0.2) is 0 Å². The molecule has 1 atom stereocenters. The number of carbonyl (C=O) groups excluding carboxylic acids is 1. The number of hydrogen-bond donors (Lipinski definition) is 1. The molecule has 2 N–H and O–H groups in total. The summed E-state index contributed by atoms with van der Waals surface area (Å²) in [6, 6.07) is 5.47. The number of unbranched alkanes of at least 4 members (excludes halogenated alkanes) is 1. The molecule has 1 aromatic rings. The summed E-state index contributed by atoms with van der Waals surface area (Å²) in [7, 11) is 0. The summed E-state index contributed by atoms with van der Waals surface area (Å²) in [6.45, 7) is 4.33. The van der Waals surface area contributed by atoms with E-state index in [1.54, 1.807) is 6.07 Å². The van der Waals surface area contributed by atoms with Crippen molar-refractivity contribution < 1.29 is 4.79 Å². The fourth-order valence-electron chi connectivity index (χ4n) is 2.09. The molecule has 0 amide bonds. The van der Waals surface area contributed by atoms with E-state index in [-0.39, 0.29) is 5.78 Å². The second-order valence-electron chi connectivity index (χ2n) is 4.78. The van der Waals surface area contributed by atoms with Crippen LogP contribution in [0, 0.1) is 5.92 Å². The first-order valence-electron chi connectivity index (χ1n) is 6.66. The largest absolute Gasteiger partial charge is 0.398 e. The van der Waals surface area contributed by atoms with E-state index in [4.69, 9.17) is 5.73 Å². The van der Waals surface area contributed by atoms with Crippen LogP contribution in [0.5, 0.6) is 0 Å². The molecule has 0 heterocycles. The van der Waals surface area contributed by atoms with E-state index < -0.39 is 0 Å². The van der Waals surface area contributed by atoms with Gasteiger partial charge in [0, 0.05) is 22.1 Å². The lowest BCUT2D eigenvalue weighted by atomic mass is 9.91. The lowest BCUT2D eigenvalue weighted by molar-refractivity contribution is 0.0958. The Morgan fingerprint density at radius 2 is 2.11 bits per heavy atom. The first-order valence-corrected chi connectivity index (χ1v) is 7.46. The third-order valence-corrected chi connectivity index (χ3v) is 3.83. The van der Waals surface area contributed by atoms with E-state index in [1.165, 1.54) is 12.8 Å². The van der Waals surface area contributed by atoms with Crippen LogP contribution >= 0.6 is 15.9 Å². The summed E-state index contributed by atoms with van der Waals surface area (Å²) in [5.74, 6) is 0.646. The summed E-state index contributed by atoms with van der Waals surface area (Å²) in [4.78, 5) is 12.2. The standard InChI is InChI=1S/C15H22BrNO/c1-3-5-6-11(4-2)9-15(18)13-10-12(16)7-8-14(13)17/h7-8,10-11H,3-6,9,17H2,1-2H3. The second-order valence-corrected chi connectivity index (χ2v) is 5.69. The molecule has 0 radical (unpaired) electrons. The van der Waals surface area contributed by atoms with Gasteiger partial charge in [0.15, 0.2) is 5.78 Å². The molecule has 1 rings (SSSR count). The third kappa shape index (κ3) is 4.45. The number of anilines is 1. The van der Waals surface area contributed by atoms with E-state index >= 15 is 0 Å². The third-order valence-electron chi connectivity index (χ3n) is 3.33. The molecule has 0 saturated heterocycles. The number of hydrogen-bond acceptors (Lipinski definition) is 2. The first kappa shape index (κ1) is 15.2. The van der Waals surface area contributed by atoms with Gasteiger partial charge in [-0.05, 0) is 24.1 Å². The van der Waals surface area contributed by atoms with Gasteiger partial charge in [-0.3, -0.25) is 4.79 Å². The summed E-state index contributed by atoms with van der Waals surface area (Å²) in [5, 5.41) is 0. The second kappa shape index (κ2) is 7.57. The van der Waals surface area contributed by atoms with Gasteiger partial charge in [0.2, 0.25) is 0 Å². The van der Waals surface area contributed by atoms with Gasteiger partial charge in [-0.2, -0.15) is 0 Å². The highest BCUT2D eigenvalue weighted by Crippen LogP contribution is 2.24. The molecule has 3 heteroatoms. The fraction of sp³-hybridized carbons (Fsp3) is 0.533. The quantitative estimate of drug-likeness (QED) is 0.579. The maximum absolute atomic E-state index is 12.2. The number of nitrogens with two attached hydrogens (primary N) is 1. The van der Waals surface area contributed by atoms with Crippen LogP contribution < -0.4 is 5.73 Å². The number of halogens is 1. The summed E-state index contributed by atoms with van der Waals surface area (Å²) in [5.41, 5.74) is 7.10. The first-order chi connectivity index (χ1) is 8.58. The molecule has 0 aliphatic carbocycles. The molecule has 1 unspecified atom stereocenters. The Bertz CT molecular complexity index is 403. The predicted octanol–water partition coefficient (Wildman–Crippen LogP) is 4.82. The van der Waals surface area contributed by atoms with Gasteiger partial charge in [0.05, 0.1) is 0 Å². The molecule has 0 saturated carbocycles. The van der Waals surface area contributed by atoms with Gasteiger partial charge >= 0.3 is 0 Å². The Morgan fingerprint density at radius 3 is 2.72 bits per heavy atom. The maximum atomic E-state index is 12.2. The summed E-state index contributed by atoms with van der Waals surface area (Å²) >= 11 is 3.38. The Kier molecular flexibility index (Phi) is 6.41. The molecule has 0 fully saturated rings. The van der Waals surface area contributed by atoms with Gasteiger partial charge in [-0.1, -0.05) is 55.5 Å². The Hall–Kier alpha value is -0.830. The zero-order valence-corrected chi connectivity index (χ0v) is 12.8. The van der Waals surface area contributed by atoms with Crippen molar-refractivity contribution in [1.29, 1.82) is 0 Å². The Balaban J connectivity index is 2.71. The molecule has 0 aliphatic rings. The minimum atomic E-state index is 0.164. The molecular weight excluding hydrogens is 290 g/mol. The molecule has 100 valence electrons. The highest BCUT2D eigenvalue weighted by molar-refractivity contribution is 9.10. The van der Waals surface area contributed by atoms with Gasteiger partial charge in [0.1, 0.15) is 0 Å². The average molecular weight is 312 g/mol. The lowest BCUT2D eigenvalue weighted by Gasteiger charge is -2.14. The number of ketones is 1. The molecule has 1 aromatic carbocycles. The van der Waals surface area contributed by atoms with Crippen LogP contribution in [-0.4, -0.2) is 5.78 Å². The topological polar surface area (TPSA) is 43.1 Å². The molecule has 0 bridgehead atoms. The smallest absolute Gasteiger partial charge is 0.165 e. The summed E-state index contributed by atoms with van der Waals surface area (Å²) < 4.78 is 0.904. The van der Waals surface area contributed by atoms with E-state index in [0.29, 0.717) is 23.6 Å². The highest BCUT2D eigenvalue weighted by Gasteiger charge is 2.15. The minimum absolute atomic E-state index is 0.164. The highest BCUT2D eigenvalue weighted by atomic mass is 79.9. The van der Waals surface area contributed by atoms with Crippen molar-refractivity contribution in [2.45, 2.75) is 46.0 Å². The van der Waals surface area contributed by atoms with Gasteiger partial charge < -0.3 is 5.73 Å². The zero-order chi connectivity index (χ0) is 13.5. The van der Waals surface area contributed by atoms with Crippen LogP contribution in [0.25, 0.3) is 0 Å². The Labute approximate surface area is 118 Å². The normalized spacial score (nSPS) is 12.4. The van der Waals surface area contributed by atoms with Crippen molar-refractivity contribution in [3.05, 3.63) is 28.2 Å².